The Labute approximate surface area is 129 Å². The van der Waals surface area contributed by atoms with E-state index in [9.17, 15) is 4.79 Å². The first-order chi connectivity index (χ1) is 10.7. The van der Waals surface area contributed by atoms with E-state index in [1.54, 1.807) is 24.9 Å². The van der Waals surface area contributed by atoms with Crippen molar-refractivity contribution in [3.8, 4) is 11.5 Å². The molecule has 2 rings (SSSR count). The van der Waals surface area contributed by atoms with Crippen LogP contribution in [0.2, 0.25) is 0 Å². The van der Waals surface area contributed by atoms with Crippen LogP contribution in [0.25, 0.3) is 0 Å². The van der Waals surface area contributed by atoms with E-state index in [4.69, 9.17) is 9.47 Å². The standard InChI is InChI=1S/C16H17N3O3/c1-21-14-8-6-7-13(16(14)22-2)11-17-18-15(20)12-19-9-4-3-5-10-19/h3-11H,12H2,1-2H3/p+1/b17-11-. The van der Waals surface area contributed by atoms with E-state index in [-0.39, 0.29) is 12.5 Å². The van der Waals surface area contributed by atoms with Gasteiger partial charge in [0.05, 0.1) is 20.4 Å². The Morgan fingerprint density at radius 1 is 1.18 bits per heavy atom. The van der Waals surface area contributed by atoms with Gasteiger partial charge in [-0.3, -0.25) is 4.79 Å². The number of ether oxygens (including phenoxy) is 2. The molecule has 0 aliphatic carbocycles. The SMILES string of the molecule is COc1cccc(/C=N\NC(=O)C[n+]2ccccc2)c1OC. The first-order valence-corrected chi connectivity index (χ1v) is 6.71. The number of para-hydroxylation sites is 1. The maximum atomic E-state index is 11.8. The van der Waals surface area contributed by atoms with Gasteiger partial charge in [0.2, 0.25) is 6.54 Å². The molecule has 0 radical (unpaired) electrons. The summed E-state index contributed by atoms with van der Waals surface area (Å²) in [7, 11) is 3.12. The van der Waals surface area contributed by atoms with Crippen LogP contribution in [0.4, 0.5) is 0 Å². The van der Waals surface area contributed by atoms with Gasteiger partial charge in [-0.1, -0.05) is 12.1 Å². The Hall–Kier alpha value is -2.89. The van der Waals surface area contributed by atoms with Crippen molar-refractivity contribution in [3.63, 3.8) is 0 Å². The van der Waals surface area contributed by atoms with Crippen LogP contribution in [-0.4, -0.2) is 26.3 Å². The number of hydrazone groups is 1. The fourth-order valence-electron chi connectivity index (χ4n) is 1.93. The van der Waals surface area contributed by atoms with Crippen LogP contribution >= 0.6 is 0 Å². The quantitative estimate of drug-likeness (QED) is 0.494. The molecular weight excluding hydrogens is 282 g/mol. The van der Waals surface area contributed by atoms with Crippen molar-refractivity contribution in [2.45, 2.75) is 6.54 Å². The zero-order valence-corrected chi connectivity index (χ0v) is 12.5. The van der Waals surface area contributed by atoms with Crippen LogP contribution < -0.4 is 19.5 Å². The van der Waals surface area contributed by atoms with Gasteiger partial charge in [-0.15, -0.1) is 0 Å². The van der Waals surface area contributed by atoms with Crippen LogP contribution in [-0.2, 0) is 11.3 Å². The van der Waals surface area contributed by atoms with Crippen molar-refractivity contribution >= 4 is 12.1 Å². The van der Waals surface area contributed by atoms with Gasteiger partial charge < -0.3 is 9.47 Å². The normalized spacial score (nSPS) is 10.5. The molecule has 114 valence electrons. The number of benzene rings is 1. The third kappa shape index (κ3) is 4.05. The average Bonchev–Trinajstić information content (AvgIpc) is 2.55. The maximum absolute atomic E-state index is 11.8. The van der Waals surface area contributed by atoms with Crippen LogP contribution in [0.1, 0.15) is 5.56 Å². The Bertz CT molecular complexity index is 657. The first kappa shape index (κ1) is 15.5. The Balaban J connectivity index is 1.99. The summed E-state index contributed by atoms with van der Waals surface area (Å²) in [5, 5.41) is 3.95. The summed E-state index contributed by atoms with van der Waals surface area (Å²) >= 11 is 0. The fraction of sp³-hybridized carbons (Fsp3) is 0.188. The second kappa shape index (κ2) is 7.78. The van der Waals surface area contributed by atoms with Crippen LogP contribution in [0.5, 0.6) is 11.5 Å². The lowest BCUT2D eigenvalue weighted by Crippen LogP contribution is -2.40. The van der Waals surface area contributed by atoms with Gasteiger partial charge in [-0.05, 0) is 12.1 Å². The molecule has 0 atom stereocenters. The zero-order valence-electron chi connectivity index (χ0n) is 12.5. The molecule has 0 bridgehead atoms. The van der Waals surface area contributed by atoms with E-state index < -0.39 is 0 Å². The number of carbonyl (C=O) groups is 1. The van der Waals surface area contributed by atoms with E-state index >= 15 is 0 Å². The van der Waals surface area contributed by atoms with Crippen molar-refractivity contribution in [1.29, 1.82) is 0 Å². The Morgan fingerprint density at radius 2 is 1.95 bits per heavy atom. The molecular formula is C16H18N3O3+. The van der Waals surface area contributed by atoms with Crippen molar-refractivity contribution < 1.29 is 18.8 Å². The molecule has 2 aromatic rings. The molecule has 6 nitrogen and oxygen atoms in total. The van der Waals surface area contributed by atoms with Crippen LogP contribution in [0.3, 0.4) is 0 Å². The third-order valence-corrected chi connectivity index (χ3v) is 2.93. The van der Waals surface area contributed by atoms with E-state index in [0.717, 1.165) is 5.56 Å². The molecule has 0 saturated carbocycles. The van der Waals surface area contributed by atoms with Gasteiger partial charge >= 0.3 is 5.91 Å². The molecule has 1 aromatic heterocycles. The van der Waals surface area contributed by atoms with Gasteiger partial charge in [0.1, 0.15) is 0 Å². The summed E-state index contributed by atoms with van der Waals surface area (Å²) < 4.78 is 12.3. The Morgan fingerprint density at radius 3 is 2.64 bits per heavy atom. The lowest BCUT2D eigenvalue weighted by molar-refractivity contribution is -0.684. The minimum Gasteiger partial charge on any atom is -0.493 e. The van der Waals surface area contributed by atoms with E-state index in [1.807, 2.05) is 42.7 Å². The van der Waals surface area contributed by atoms with Gasteiger partial charge in [-0.2, -0.15) is 9.67 Å². The van der Waals surface area contributed by atoms with Gasteiger partial charge in [0, 0.05) is 17.7 Å². The number of aromatic nitrogens is 1. The second-order valence-corrected chi connectivity index (χ2v) is 4.42. The monoisotopic (exact) mass is 300 g/mol. The molecule has 1 N–H and O–H groups in total. The Kier molecular flexibility index (Phi) is 5.48. The number of amides is 1. The molecule has 0 fully saturated rings. The van der Waals surface area contributed by atoms with Gasteiger partial charge in [0.25, 0.3) is 0 Å². The smallest absolute Gasteiger partial charge is 0.305 e. The fourth-order valence-corrected chi connectivity index (χ4v) is 1.93. The predicted molar refractivity (Wildman–Crippen MR) is 81.9 cm³/mol. The number of hydrogen-bond donors (Lipinski definition) is 1. The summed E-state index contributed by atoms with van der Waals surface area (Å²) in [6, 6.07) is 11.0. The highest BCUT2D eigenvalue weighted by Gasteiger charge is 2.09. The largest absolute Gasteiger partial charge is 0.493 e. The van der Waals surface area contributed by atoms with Crippen molar-refractivity contribution in [2.75, 3.05) is 14.2 Å². The molecule has 0 aliphatic heterocycles. The number of rotatable bonds is 6. The highest BCUT2D eigenvalue weighted by Crippen LogP contribution is 2.29. The molecule has 22 heavy (non-hydrogen) atoms. The summed E-state index contributed by atoms with van der Waals surface area (Å²) in [5.41, 5.74) is 3.20. The first-order valence-electron chi connectivity index (χ1n) is 6.71. The number of pyridine rings is 1. The number of nitrogens with zero attached hydrogens (tertiary/aromatic N) is 2. The van der Waals surface area contributed by atoms with E-state index in [0.29, 0.717) is 11.5 Å². The van der Waals surface area contributed by atoms with Crippen molar-refractivity contribution in [3.05, 3.63) is 54.4 Å². The summed E-state index contributed by atoms with van der Waals surface area (Å²) in [5.74, 6) is 0.965. The molecule has 0 unspecified atom stereocenters. The second-order valence-electron chi connectivity index (χ2n) is 4.42. The number of hydrogen-bond acceptors (Lipinski definition) is 4. The molecule has 1 aromatic carbocycles. The number of methoxy groups -OCH3 is 2. The molecule has 6 heteroatoms. The summed E-state index contributed by atoms with van der Waals surface area (Å²) in [4.78, 5) is 11.8. The number of carbonyl (C=O) groups excluding carboxylic acids is 1. The molecule has 1 heterocycles. The van der Waals surface area contributed by atoms with Gasteiger partial charge in [0.15, 0.2) is 23.9 Å². The van der Waals surface area contributed by atoms with Crippen molar-refractivity contribution in [1.82, 2.24) is 5.43 Å². The van der Waals surface area contributed by atoms with Crippen molar-refractivity contribution in [2.24, 2.45) is 5.10 Å². The number of nitrogens with one attached hydrogen (secondary N) is 1. The lowest BCUT2D eigenvalue weighted by Gasteiger charge is -2.09. The topological polar surface area (TPSA) is 63.8 Å². The van der Waals surface area contributed by atoms with Crippen LogP contribution in [0.15, 0.2) is 53.9 Å². The van der Waals surface area contributed by atoms with E-state index in [2.05, 4.69) is 10.5 Å². The molecule has 0 saturated heterocycles. The molecule has 0 aliphatic rings. The summed E-state index contributed by atoms with van der Waals surface area (Å²) in [6.07, 6.45) is 5.15. The molecule has 0 spiro atoms. The average molecular weight is 300 g/mol. The minimum absolute atomic E-state index is 0.202. The maximum Gasteiger partial charge on any atom is 0.305 e. The summed E-state index contributed by atoms with van der Waals surface area (Å²) in [6.45, 7) is 0.202. The lowest BCUT2D eigenvalue weighted by atomic mass is 10.2. The molecule has 1 amide bonds. The zero-order chi connectivity index (χ0) is 15.8. The van der Waals surface area contributed by atoms with Gasteiger partial charge in [-0.25, -0.2) is 5.43 Å². The third-order valence-electron chi connectivity index (χ3n) is 2.93. The van der Waals surface area contributed by atoms with E-state index in [1.165, 1.54) is 6.21 Å². The highest BCUT2D eigenvalue weighted by atomic mass is 16.5. The minimum atomic E-state index is -0.214. The predicted octanol–water partition coefficient (Wildman–Crippen LogP) is 1.14. The highest BCUT2D eigenvalue weighted by molar-refractivity contribution is 5.86. The van der Waals surface area contributed by atoms with Crippen LogP contribution in [0, 0.1) is 0 Å².